The summed E-state index contributed by atoms with van der Waals surface area (Å²) in [5.74, 6) is 24.5. The van der Waals surface area contributed by atoms with Crippen LogP contribution in [0.15, 0.2) is 72.8 Å². The van der Waals surface area contributed by atoms with E-state index in [4.69, 9.17) is 0 Å². The van der Waals surface area contributed by atoms with Gasteiger partial charge in [-0.15, -0.1) is 0 Å². The third-order valence-corrected chi connectivity index (χ3v) is 9.13. The van der Waals surface area contributed by atoms with E-state index in [2.05, 4.69) is 179 Å². The standard InChI is InChI=1S/C42H34N6/c1-29-39-25-31-13-17-35(39)37-19-15-33(27-41(37)47(29)3)45-23-11-7-8-12-24-46-34-16-20-38-36-18-14-32(44-22-10-6-5-9-21-43-31)26-40(36)30(2)48(4)42(38)28-34/h13-20,25-28,43-44H,21-24H2,1-4H3/p+2. The van der Waals surface area contributed by atoms with Gasteiger partial charge in [0, 0.05) is 59.5 Å². The van der Waals surface area contributed by atoms with Crippen LogP contribution in [-0.2, 0) is 14.1 Å². The van der Waals surface area contributed by atoms with Crippen LogP contribution in [0.4, 0.5) is 22.7 Å². The second-order valence-corrected chi connectivity index (χ2v) is 11.9. The van der Waals surface area contributed by atoms with E-state index >= 15 is 0 Å². The van der Waals surface area contributed by atoms with E-state index in [9.17, 15) is 0 Å². The SMILES string of the molecule is Cc1c2cc3ccc2c2ccc(cc2[n+]1C)NCC#CC#CCNc1ccc2c4ccc(cc4c(C)[n+](C)c2c1)NCC#CC#CCN3. The smallest absolute Gasteiger partial charge is 0.215 e. The molecule has 11 aliphatic rings. The van der Waals surface area contributed by atoms with Gasteiger partial charge in [-0.05, 0) is 72.2 Å². The lowest BCUT2D eigenvalue weighted by molar-refractivity contribution is -0.650. The molecule has 4 aromatic carbocycles. The predicted octanol–water partition coefficient (Wildman–Crippen LogP) is 5.94. The topological polar surface area (TPSA) is 55.9 Å². The molecular weight excluding hydrogens is 589 g/mol. The van der Waals surface area contributed by atoms with Gasteiger partial charge in [-0.3, -0.25) is 0 Å². The van der Waals surface area contributed by atoms with E-state index in [1.807, 2.05) is 0 Å². The van der Waals surface area contributed by atoms with Gasteiger partial charge in [-0.25, -0.2) is 0 Å². The molecule has 11 aliphatic heterocycles. The zero-order valence-corrected chi connectivity index (χ0v) is 27.7. The van der Waals surface area contributed by atoms with Crippen molar-refractivity contribution in [3.8, 4) is 47.4 Å². The Morgan fingerprint density at radius 3 is 1.08 bits per heavy atom. The van der Waals surface area contributed by atoms with Crippen molar-refractivity contribution in [1.29, 1.82) is 0 Å². The van der Waals surface area contributed by atoms with E-state index in [1.165, 1.54) is 43.7 Å². The van der Waals surface area contributed by atoms with Gasteiger partial charge < -0.3 is 21.3 Å². The zero-order chi connectivity index (χ0) is 33.0. The molecule has 0 saturated heterocycles. The first kappa shape index (κ1) is 30.3. The Labute approximate surface area is 281 Å². The summed E-state index contributed by atoms with van der Waals surface area (Å²) >= 11 is 0. The summed E-state index contributed by atoms with van der Waals surface area (Å²) in [6, 6.07) is 26.0. The fraction of sp³-hybridized carbons (Fsp3) is 0.190. The number of benzene rings is 4. The van der Waals surface area contributed by atoms with Crippen LogP contribution >= 0.6 is 0 Å². The molecule has 0 unspecified atom stereocenters. The Bertz CT molecular complexity index is 2180. The van der Waals surface area contributed by atoms with Crippen LogP contribution in [0.3, 0.4) is 0 Å². The van der Waals surface area contributed by atoms with Crippen LogP contribution < -0.4 is 30.4 Å². The van der Waals surface area contributed by atoms with Gasteiger partial charge in [0.1, 0.15) is 14.1 Å². The second-order valence-electron chi connectivity index (χ2n) is 11.9. The van der Waals surface area contributed by atoms with Gasteiger partial charge in [0.05, 0.1) is 47.7 Å². The highest BCUT2D eigenvalue weighted by Crippen LogP contribution is 2.30. The lowest BCUT2D eigenvalue weighted by atomic mass is 10.0. The first-order valence-electron chi connectivity index (χ1n) is 16.1. The Hall–Kier alpha value is -6.34. The minimum absolute atomic E-state index is 0.513. The van der Waals surface area contributed by atoms with E-state index in [-0.39, 0.29) is 0 Å². The Morgan fingerprint density at radius 2 is 0.729 bits per heavy atom. The maximum absolute atomic E-state index is 3.44. The summed E-state index contributed by atoms with van der Waals surface area (Å²) in [6.45, 7) is 6.38. The molecule has 17 rings (SSSR count). The van der Waals surface area contributed by atoms with Gasteiger partial charge in [0.15, 0.2) is 11.4 Å². The molecule has 0 amide bonds. The largest absolute Gasteiger partial charge is 0.374 e. The summed E-state index contributed by atoms with van der Waals surface area (Å²) in [5, 5.41) is 21.0. The number of aromatic nitrogens is 2. The minimum Gasteiger partial charge on any atom is -0.374 e. The number of nitrogens with zero attached hydrogens (tertiary/aromatic N) is 2. The normalized spacial score (nSPS) is 12.9. The summed E-state index contributed by atoms with van der Waals surface area (Å²) in [5.41, 5.74) is 8.81. The van der Waals surface area contributed by atoms with Gasteiger partial charge in [-0.2, -0.15) is 9.13 Å². The summed E-state index contributed by atoms with van der Waals surface area (Å²) in [6.07, 6.45) is 0. The summed E-state index contributed by atoms with van der Waals surface area (Å²) < 4.78 is 4.49. The molecule has 6 aromatic rings. The van der Waals surface area contributed by atoms with Crippen molar-refractivity contribution in [2.24, 2.45) is 14.1 Å². The van der Waals surface area contributed by atoms with Crippen molar-refractivity contribution in [3.05, 3.63) is 84.2 Å². The molecule has 0 radical (unpaired) electrons. The molecule has 232 valence electrons. The van der Waals surface area contributed by atoms with Crippen LogP contribution in [0.1, 0.15) is 11.4 Å². The molecule has 12 bridgehead atoms. The monoisotopic (exact) mass is 624 g/mol. The number of pyridine rings is 2. The predicted molar refractivity (Wildman–Crippen MR) is 200 cm³/mol. The molecule has 0 aliphatic carbocycles. The molecule has 13 heterocycles. The van der Waals surface area contributed by atoms with Crippen molar-refractivity contribution >= 4 is 66.1 Å². The molecule has 0 atom stereocenters. The number of aryl methyl sites for hydroxylation is 4. The number of nitrogens with one attached hydrogen (secondary N) is 4. The highest BCUT2D eigenvalue weighted by atomic mass is 15.0. The maximum atomic E-state index is 3.44. The van der Waals surface area contributed by atoms with Gasteiger partial charge in [0.2, 0.25) is 11.0 Å². The number of anilines is 4. The van der Waals surface area contributed by atoms with E-state index in [0.29, 0.717) is 26.2 Å². The highest BCUT2D eigenvalue weighted by Gasteiger charge is 2.18. The average Bonchev–Trinajstić information content (AvgIpc) is 3.11. The molecule has 6 nitrogen and oxygen atoms in total. The summed E-state index contributed by atoms with van der Waals surface area (Å²) in [7, 11) is 4.23. The molecule has 48 heavy (non-hydrogen) atoms. The van der Waals surface area contributed by atoms with Crippen LogP contribution in [0.2, 0.25) is 0 Å². The molecule has 2 aromatic heterocycles. The first-order chi connectivity index (χ1) is 23.5. The fourth-order valence-corrected chi connectivity index (χ4v) is 6.33. The van der Waals surface area contributed by atoms with Crippen molar-refractivity contribution in [1.82, 2.24) is 0 Å². The first-order valence-corrected chi connectivity index (χ1v) is 16.1. The molecule has 6 heteroatoms. The molecule has 0 saturated carbocycles. The van der Waals surface area contributed by atoms with Crippen LogP contribution in [-0.4, -0.2) is 26.2 Å². The number of hydrogen-bond donors (Lipinski definition) is 4. The van der Waals surface area contributed by atoms with Crippen molar-refractivity contribution < 1.29 is 9.13 Å². The van der Waals surface area contributed by atoms with Crippen molar-refractivity contribution in [2.75, 3.05) is 47.4 Å². The lowest BCUT2D eigenvalue weighted by Crippen LogP contribution is -2.33. The van der Waals surface area contributed by atoms with Gasteiger partial charge in [-0.1, -0.05) is 35.8 Å². The van der Waals surface area contributed by atoms with Gasteiger partial charge in [0.25, 0.3) is 0 Å². The van der Waals surface area contributed by atoms with Crippen molar-refractivity contribution in [2.45, 2.75) is 13.8 Å². The van der Waals surface area contributed by atoms with E-state index < -0.39 is 0 Å². The van der Waals surface area contributed by atoms with Crippen molar-refractivity contribution in [3.63, 3.8) is 0 Å². The third kappa shape index (κ3) is 5.97. The average molecular weight is 625 g/mol. The van der Waals surface area contributed by atoms with E-state index in [0.717, 1.165) is 33.8 Å². The molecule has 0 fully saturated rings. The van der Waals surface area contributed by atoms with E-state index in [1.54, 1.807) is 0 Å². The number of hydrogen-bond acceptors (Lipinski definition) is 4. The Kier molecular flexibility index (Phi) is 8.33. The Morgan fingerprint density at radius 1 is 0.417 bits per heavy atom. The van der Waals surface area contributed by atoms with Crippen LogP contribution in [0, 0.1) is 61.2 Å². The fourth-order valence-electron chi connectivity index (χ4n) is 6.33. The molecule has 4 N–H and O–H groups in total. The van der Waals surface area contributed by atoms with Gasteiger partial charge >= 0.3 is 0 Å². The molecule has 0 spiro atoms. The quantitative estimate of drug-likeness (QED) is 0.0961. The third-order valence-electron chi connectivity index (χ3n) is 9.13. The zero-order valence-electron chi connectivity index (χ0n) is 27.7. The summed E-state index contributed by atoms with van der Waals surface area (Å²) in [4.78, 5) is 0. The van der Waals surface area contributed by atoms with Crippen LogP contribution in [0.25, 0.3) is 43.4 Å². The maximum Gasteiger partial charge on any atom is 0.215 e. The lowest BCUT2D eigenvalue weighted by Gasteiger charge is -2.10. The minimum atomic E-state index is 0.513. The van der Waals surface area contributed by atoms with Crippen LogP contribution in [0.5, 0.6) is 0 Å². The number of rotatable bonds is 0. The second kappa shape index (κ2) is 13.2. The Balaban J connectivity index is 1.20. The molecular formula is C42H36N6+2. The highest BCUT2D eigenvalue weighted by molar-refractivity contribution is 6.07.